The van der Waals surface area contributed by atoms with Gasteiger partial charge in [-0.2, -0.15) is 5.10 Å². The molecule has 0 fully saturated rings. The standard InChI is InChI=1S/C16H12Cl2N2O2.C9H8N2/c1-20-13-7-6-9(17)8-11(13)14(19-15(21)16(20)22)10-4-2-3-5-12(10)18;1-2-6-9-8(4-1)5-3-7-10-11-9/h2-8,15,21H,1H3;1-7,11H. The number of hydrazone groups is 1. The van der Waals surface area contributed by atoms with Gasteiger partial charge in [0.1, 0.15) is 0 Å². The normalized spacial score (nSPS) is 16.4. The number of nitrogens with one attached hydrogen (secondary N) is 1. The van der Waals surface area contributed by atoms with Crippen LogP contribution in [0.3, 0.4) is 0 Å². The van der Waals surface area contributed by atoms with Gasteiger partial charge in [-0.15, -0.1) is 0 Å². The number of aliphatic imine (C=N–C) groups is 1. The predicted octanol–water partition coefficient (Wildman–Crippen LogP) is 5.24. The number of benzodiazepines with no additional fused rings is 1. The molecule has 0 bridgehead atoms. The topological polar surface area (TPSA) is 77.3 Å². The van der Waals surface area contributed by atoms with Crippen molar-refractivity contribution in [3.63, 3.8) is 0 Å². The second-order valence-corrected chi connectivity index (χ2v) is 8.07. The molecule has 0 saturated carbocycles. The van der Waals surface area contributed by atoms with Crippen LogP contribution >= 0.6 is 23.2 Å². The van der Waals surface area contributed by atoms with Gasteiger partial charge in [0, 0.05) is 34.4 Å². The fourth-order valence-electron chi connectivity index (χ4n) is 3.44. The molecule has 8 heteroatoms. The molecule has 2 aliphatic heterocycles. The number of hydrogen-bond donors (Lipinski definition) is 2. The summed E-state index contributed by atoms with van der Waals surface area (Å²) in [6, 6.07) is 20.3. The third kappa shape index (κ3) is 4.98. The molecule has 166 valence electrons. The van der Waals surface area contributed by atoms with Crippen LogP contribution in [-0.4, -0.2) is 36.2 Å². The summed E-state index contributed by atoms with van der Waals surface area (Å²) in [5.74, 6) is -0.509. The van der Waals surface area contributed by atoms with Gasteiger partial charge in [0.2, 0.25) is 6.23 Å². The SMILES string of the molecule is C1=Cc2ccccc2NN=C1.CN1C(=O)C(O)N=C(c2ccccc2Cl)c2cc(Cl)ccc21. The van der Waals surface area contributed by atoms with Crippen molar-refractivity contribution in [1.82, 2.24) is 0 Å². The van der Waals surface area contributed by atoms with Crippen molar-refractivity contribution in [2.45, 2.75) is 6.23 Å². The number of aliphatic hydroxyl groups excluding tert-OH is 1. The summed E-state index contributed by atoms with van der Waals surface area (Å²) in [6.07, 6.45) is 4.19. The van der Waals surface area contributed by atoms with Crippen molar-refractivity contribution >= 4 is 58.5 Å². The van der Waals surface area contributed by atoms with Crippen molar-refractivity contribution < 1.29 is 9.90 Å². The molecule has 3 aromatic carbocycles. The molecule has 6 nitrogen and oxygen atoms in total. The Morgan fingerprint density at radius 2 is 1.76 bits per heavy atom. The molecule has 1 amide bonds. The second kappa shape index (κ2) is 10.0. The maximum atomic E-state index is 12.2. The molecule has 0 spiro atoms. The Balaban J connectivity index is 0.000000196. The van der Waals surface area contributed by atoms with Crippen molar-refractivity contribution in [2.75, 3.05) is 17.4 Å². The van der Waals surface area contributed by atoms with E-state index in [0.29, 0.717) is 32.6 Å². The Kier molecular flexibility index (Phi) is 6.89. The van der Waals surface area contributed by atoms with E-state index in [1.54, 1.807) is 49.7 Å². The summed E-state index contributed by atoms with van der Waals surface area (Å²) in [5.41, 5.74) is 7.49. The molecule has 0 saturated heterocycles. The Bertz CT molecular complexity index is 1290. The number of allylic oxidation sites excluding steroid dienone is 1. The lowest BCUT2D eigenvalue weighted by atomic mass is 10.0. The highest BCUT2D eigenvalue weighted by molar-refractivity contribution is 6.37. The lowest BCUT2D eigenvalue weighted by Gasteiger charge is -2.18. The number of aliphatic hydroxyl groups is 1. The molecular formula is C25H20Cl2N4O2. The number of amides is 1. The van der Waals surface area contributed by atoms with E-state index in [1.165, 1.54) is 10.5 Å². The van der Waals surface area contributed by atoms with Gasteiger partial charge in [0.25, 0.3) is 5.91 Å². The second-order valence-electron chi connectivity index (χ2n) is 7.23. The third-order valence-electron chi connectivity index (χ3n) is 5.09. The highest BCUT2D eigenvalue weighted by Crippen LogP contribution is 2.31. The van der Waals surface area contributed by atoms with Gasteiger partial charge >= 0.3 is 0 Å². The number of benzene rings is 3. The summed E-state index contributed by atoms with van der Waals surface area (Å²) < 4.78 is 0. The minimum atomic E-state index is -1.48. The summed E-state index contributed by atoms with van der Waals surface area (Å²) in [6.45, 7) is 0. The summed E-state index contributed by atoms with van der Waals surface area (Å²) in [4.78, 5) is 17.7. The predicted molar refractivity (Wildman–Crippen MR) is 136 cm³/mol. The maximum absolute atomic E-state index is 12.2. The van der Waals surface area contributed by atoms with Crippen LogP contribution in [0.2, 0.25) is 10.0 Å². The van der Waals surface area contributed by atoms with Crippen LogP contribution in [0.5, 0.6) is 0 Å². The zero-order valence-corrected chi connectivity index (χ0v) is 19.1. The molecule has 5 rings (SSSR count). The van der Waals surface area contributed by atoms with Crippen molar-refractivity contribution in [3.05, 3.63) is 99.5 Å². The first kappa shape index (κ1) is 22.7. The molecule has 0 radical (unpaired) electrons. The summed E-state index contributed by atoms with van der Waals surface area (Å²) >= 11 is 12.3. The zero-order valence-electron chi connectivity index (χ0n) is 17.6. The number of hydrogen-bond acceptors (Lipinski definition) is 5. The first-order chi connectivity index (χ1) is 16.0. The summed E-state index contributed by atoms with van der Waals surface area (Å²) in [7, 11) is 1.59. The van der Waals surface area contributed by atoms with E-state index in [9.17, 15) is 9.90 Å². The molecule has 0 aromatic heterocycles. The smallest absolute Gasteiger partial charge is 0.278 e. The van der Waals surface area contributed by atoms with Gasteiger partial charge in [-0.1, -0.05) is 65.7 Å². The van der Waals surface area contributed by atoms with Crippen LogP contribution in [0.25, 0.3) is 6.08 Å². The quantitative estimate of drug-likeness (QED) is 0.502. The first-order valence-electron chi connectivity index (χ1n) is 10.1. The first-order valence-corrected chi connectivity index (χ1v) is 10.8. The number of nitrogens with zero attached hydrogens (tertiary/aromatic N) is 3. The highest BCUT2D eigenvalue weighted by atomic mass is 35.5. The number of fused-ring (bicyclic) bond motifs is 2. The van der Waals surface area contributed by atoms with Crippen LogP contribution in [-0.2, 0) is 4.79 Å². The minimum absolute atomic E-state index is 0.438. The summed E-state index contributed by atoms with van der Waals surface area (Å²) in [5, 5.41) is 15.0. The van der Waals surface area contributed by atoms with E-state index in [-0.39, 0.29) is 0 Å². The molecule has 3 aromatic rings. The van der Waals surface area contributed by atoms with E-state index in [2.05, 4.69) is 15.5 Å². The largest absolute Gasteiger partial charge is 0.364 e. The van der Waals surface area contributed by atoms with E-state index in [0.717, 1.165) is 5.69 Å². The number of carbonyl (C=O) groups is 1. The molecular weight excluding hydrogens is 459 g/mol. The van der Waals surface area contributed by atoms with E-state index >= 15 is 0 Å². The van der Waals surface area contributed by atoms with Gasteiger partial charge in [0.15, 0.2) is 0 Å². The van der Waals surface area contributed by atoms with Crippen LogP contribution in [0.4, 0.5) is 11.4 Å². The molecule has 1 atom stereocenters. The van der Waals surface area contributed by atoms with E-state index in [1.807, 2.05) is 42.5 Å². The van der Waals surface area contributed by atoms with E-state index < -0.39 is 12.1 Å². The van der Waals surface area contributed by atoms with Gasteiger partial charge in [-0.3, -0.25) is 10.2 Å². The molecule has 2 heterocycles. The zero-order chi connectivity index (χ0) is 23.4. The van der Waals surface area contributed by atoms with E-state index in [4.69, 9.17) is 23.2 Å². The lowest BCUT2D eigenvalue weighted by Crippen LogP contribution is -2.34. The average Bonchev–Trinajstić information content (AvgIpc) is 3.12. The molecule has 2 N–H and O–H groups in total. The van der Waals surface area contributed by atoms with Crippen LogP contribution in [0.15, 0.2) is 82.9 Å². The van der Waals surface area contributed by atoms with Crippen LogP contribution in [0.1, 0.15) is 16.7 Å². The van der Waals surface area contributed by atoms with Gasteiger partial charge < -0.3 is 10.0 Å². The van der Waals surface area contributed by atoms with Crippen LogP contribution < -0.4 is 10.3 Å². The molecule has 2 aliphatic rings. The Labute approximate surface area is 201 Å². The molecule has 33 heavy (non-hydrogen) atoms. The number of likely N-dealkylation sites (N-methyl/N-ethyl adjacent to an activating group) is 1. The number of anilines is 2. The van der Waals surface area contributed by atoms with Gasteiger partial charge in [-0.25, -0.2) is 4.99 Å². The van der Waals surface area contributed by atoms with Gasteiger partial charge in [-0.05, 0) is 42.0 Å². The molecule has 0 aliphatic carbocycles. The van der Waals surface area contributed by atoms with Crippen molar-refractivity contribution in [3.8, 4) is 0 Å². The lowest BCUT2D eigenvalue weighted by molar-refractivity contribution is -0.125. The number of halogens is 2. The Morgan fingerprint density at radius 3 is 2.58 bits per heavy atom. The number of para-hydroxylation sites is 1. The van der Waals surface area contributed by atoms with Crippen LogP contribution in [0, 0.1) is 0 Å². The highest BCUT2D eigenvalue weighted by Gasteiger charge is 2.29. The number of rotatable bonds is 1. The average molecular weight is 479 g/mol. The van der Waals surface area contributed by atoms with Gasteiger partial charge in [0.05, 0.1) is 17.1 Å². The monoisotopic (exact) mass is 478 g/mol. The Hall–Kier alpha value is -3.45. The fourth-order valence-corrected chi connectivity index (χ4v) is 3.84. The third-order valence-corrected chi connectivity index (χ3v) is 5.65. The van der Waals surface area contributed by atoms with Crippen molar-refractivity contribution in [1.29, 1.82) is 0 Å². The number of carbonyl (C=O) groups excluding carboxylic acids is 1. The van der Waals surface area contributed by atoms with Crippen molar-refractivity contribution in [2.24, 2.45) is 10.1 Å². The Morgan fingerprint density at radius 1 is 1.00 bits per heavy atom. The molecule has 1 unspecified atom stereocenters. The minimum Gasteiger partial charge on any atom is -0.364 e. The maximum Gasteiger partial charge on any atom is 0.278 e. The fraction of sp³-hybridized carbons (Fsp3) is 0.0800.